The van der Waals surface area contributed by atoms with E-state index in [2.05, 4.69) is 13.8 Å². The van der Waals surface area contributed by atoms with E-state index in [1.807, 2.05) is 0 Å². The lowest BCUT2D eigenvalue weighted by molar-refractivity contribution is -0.130. The molecule has 7 nitrogen and oxygen atoms in total. The zero-order chi connectivity index (χ0) is 21.7. The van der Waals surface area contributed by atoms with Crippen LogP contribution in [0.1, 0.15) is 65.2 Å². The van der Waals surface area contributed by atoms with Crippen LogP contribution >= 0.6 is 0 Å². The van der Waals surface area contributed by atoms with Gasteiger partial charge >= 0.3 is 0 Å². The first kappa shape index (κ1) is 27.6. The highest BCUT2D eigenvalue weighted by molar-refractivity contribution is 5.02. The number of hydrogen-bond acceptors (Lipinski definition) is 7. The third kappa shape index (κ3) is 13.4. The molecule has 0 radical (unpaired) electrons. The molecular formula is C22H42O7. The van der Waals surface area contributed by atoms with Gasteiger partial charge in [0.2, 0.25) is 0 Å². The van der Waals surface area contributed by atoms with Gasteiger partial charge in [0.15, 0.2) is 11.5 Å². The Hall–Kier alpha value is -1.44. The maximum Gasteiger partial charge on any atom is 0.159 e. The standard InChI is InChI=1S/C22H42O7/c1-7-9-11-13-19(23-3)21(25-5)15-27-17-29-18-28-16-22(26-6)20(24-4)14-12-10-8-2/h7-18H2,1-6H3. The number of methoxy groups -OCH3 is 4. The van der Waals surface area contributed by atoms with Gasteiger partial charge in [0.1, 0.15) is 38.3 Å². The third-order valence-electron chi connectivity index (χ3n) is 4.42. The van der Waals surface area contributed by atoms with Gasteiger partial charge in [0, 0.05) is 12.8 Å². The fraction of sp³-hybridized carbons (Fsp3) is 0.818. The van der Waals surface area contributed by atoms with E-state index in [1.165, 1.54) is 0 Å². The summed E-state index contributed by atoms with van der Waals surface area (Å²) in [5.74, 6) is 3.02. The lowest BCUT2D eigenvalue weighted by Crippen LogP contribution is -2.11. The van der Waals surface area contributed by atoms with E-state index in [0.717, 1.165) is 62.9 Å². The Labute approximate surface area is 177 Å². The van der Waals surface area contributed by atoms with Crippen molar-refractivity contribution in [2.45, 2.75) is 65.2 Å². The molecule has 0 aliphatic carbocycles. The van der Waals surface area contributed by atoms with Gasteiger partial charge in [0.25, 0.3) is 0 Å². The maximum atomic E-state index is 5.51. The van der Waals surface area contributed by atoms with Crippen LogP contribution in [-0.4, -0.2) is 55.2 Å². The fourth-order valence-corrected chi connectivity index (χ4v) is 2.71. The molecule has 0 aromatic heterocycles. The second-order valence-corrected chi connectivity index (χ2v) is 6.56. The molecule has 0 saturated heterocycles. The van der Waals surface area contributed by atoms with Crippen LogP contribution in [0.3, 0.4) is 0 Å². The first-order chi connectivity index (χ1) is 14.2. The molecule has 0 N–H and O–H groups in total. The van der Waals surface area contributed by atoms with Gasteiger partial charge in [-0.15, -0.1) is 0 Å². The molecule has 0 aliphatic heterocycles. The minimum atomic E-state index is 0.0957. The molecule has 0 bridgehead atoms. The van der Waals surface area contributed by atoms with Gasteiger partial charge in [0.05, 0.1) is 28.4 Å². The second-order valence-electron chi connectivity index (χ2n) is 6.56. The molecule has 0 aromatic rings. The van der Waals surface area contributed by atoms with Crippen molar-refractivity contribution in [1.29, 1.82) is 0 Å². The quantitative estimate of drug-likeness (QED) is 0.154. The molecular weight excluding hydrogens is 376 g/mol. The smallest absolute Gasteiger partial charge is 0.159 e. The van der Waals surface area contributed by atoms with Crippen molar-refractivity contribution in [2.75, 3.05) is 55.2 Å². The van der Waals surface area contributed by atoms with Gasteiger partial charge in [-0.3, -0.25) is 0 Å². The summed E-state index contributed by atoms with van der Waals surface area (Å²) >= 11 is 0. The summed E-state index contributed by atoms with van der Waals surface area (Å²) in [6.07, 6.45) is 8.45. The number of ether oxygens (including phenoxy) is 7. The highest BCUT2D eigenvalue weighted by atomic mass is 16.7. The van der Waals surface area contributed by atoms with Gasteiger partial charge in [-0.25, -0.2) is 0 Å². The number of unbranched alkanes of at least 4 members (excludes halogenated alkanes) is 4. The Bertz CT molecular complexity index is 406. The number of rotatable bonds is 20. The summed E-state index contributed by atoms with van der Waals surface area (Å²) in [7, 11) is 6.55. The maximum absolute atomic E-state index is 5.51. The number of allylic oxidation sites excluding steroid dienone is 2. The molecule has 0 heterocycles. The van der Waals surface area contributed by atoms with Crippen LogP contribution in [0.5, 0.6) is 0 Å². The van der Waals surface area contributed by atoms with Crippen LogP contribution in [0.25, 0.3) is 0 Å². The van der Waals surface area contributed by atoms with Crippen molar-refractivity contribution in [3.05, 3.63) is 23.0 Å². The van der Waals surface area contributed by atoms with E-state index in [0.29, 0.717) is 24.7 Å². The Morgan fingerprint density at radius 2 is 0.862 bits per heavy atom. The minimum Gasteiger partial charge on any atom is -0.498 e. The van der Waals surface area contributed by atoms with Crippen molar-refractivity contribution >= 4 is 0 Å². The SMILES string of the molecule is CCCCCC(OC)=C(COCOCOCC(OC)=C(CCCCC)OC)OC. The Balaban J connectivity index is 4.20. The first-order valence-electron chi connectivity index (χ1n) is 10.5. The van der Waals surface area contributed by atoms with E-state index >= 15 is 0 Å². The van der Waals surface area contributed by atoms with E-state index < -0.39 is 0 Å². The molecule has 0 fully saturated rings. The van der Waals surface area contributed by atoms with Crippen LogP contribution in [0, 0.1) is 0 Å². The molecule has 29 heavy (non-hydrogen) atoms. The van der Waals surface area contributed by atoms with Crippen LogP contribution < -0.4 is 0 Å². The molecule has 0 atom stereocenters. The monoisotopic (exact) mass is 418 g/mol. The summed E-state index contributed by atoms with van der Waals surface area (Å²) in [5.41, 5.74) is 0. The van der Waals surface area contributed by atoms with Gasteiger partial charge in [-0.1, -0.05) is 39.5 Å². The highest BCUT2D eigenvalue weighted by Gasteiger charge is 2.10. The molecule has 0 aromatic carbocycles. The molecule has 0 spiro atoms. The molecule has 7 heteroatoms. The van der Waals surface area contributed by atoms with E-state index in [1.54, 1.807) is 28.4 Å². The lowest BCUT2D eigenvalue weighted by Gasteiger charge is -2.15. The molecule has 0 amide bonds. The van der Waals surface area contributed by atoms with E-state index in [-0.39, 0.29) is 13.6 Å². The van der Waals surface area contributed by atoms with Crippen LogP contribution in [0.15, 0.2) is 23.0 Å². The Morgan fingerprint density at radius 3 is 1.17 bits per heavy atom. The summed E-state index contributed by atoms with van der Waals surface area (Å²) in [6, 6.07) is 0. The zero-order valence-electron chi connectivity index (χ0n) is 19.3. The average Bonchev–Trinajstić information content (AvgIpc) is 2.75. The van der Waals surface area contributed by atoms with Crippen molar-refractivity contribution in [1.82, 2.24) is 0 Å². The van der Waals surface area contributed by atoms with E-state index in [9.17, 15) is 0 Å². The van der Waals surface area contributed by atoms with Gasteiger partial charge in [-0.2, -0.15) is 0 Å². The van der Waals surface area contributed by atoms with E-state index in [4.69, 9.17) is 33.2 Å². The van der Waals surface area contributed by atoms with Crippen molar-refractivity contribution in [2.24, 2.45) is 0 Å². The summed E-state index contributed by atoms with van der Waals surface area (Å²) in [6.45, 7) is 5.12. The highest BCUT2D eigenvalue weighted by Crippen LogP contribution is 2.16. The summed E-state index contributed by atoms with van der Waals surface area (Å²) in [5, 5.41) is 0. The molecule has 172 valence electrons. The topological polar surface area (TPSA) is 64.6 Å². The Morgan fingerprint density at radius 1 is 0.483 bits per heavy atom. The average molecular weight is 419 g/mol. The predicted molar refractivity (Wildman–Crippen MR) is 113 cm³/mol. The van der Waals surface area contributed by atoms with Gasteiger partial charge in [-0.05, 0) is 12.8 Å². The van der Waals surface area contributed by atoms with Crippen molar-refractivity contribution in [3.8, 4) is 0 Å². The first-order valence-corrected chi connectivity index (χ1v) is 10.5. The zero-order valence-corrected chi connectivity index (χ0v) is 19.3. The fourth-order valence-electron chi connectivity index (χ4n) is 2.71. The third-order valence-corrected chi connectivity index (χ3v) is 4.42. The Kier molecular flexibility index (Phi) is 18.9. The minimum absolute atomic E-state index is 0.0957. The van der Waals surface area contributed by atoms with Crippen LogP contribution in [-0.2, 0) is 33.2 Å². The second kappa shape index (κ2) is 19.9. The van der Waals surface area contributed by atoms with Crippen molar-refractivity contribution in [3.63, 3.8) is 0 Å². The molecule has 0 unspecified atom stereocenters. The largest absolute Gasteiger partial charge is 0.498 e. The summed E-state index contributed by atoms with van der Waals surface area (Å²) in [4.78, 5) is 0. The normalized spacial score (nSPS) is 12.9. The van der Waals surface area contributed by atoms with Crippen LogP contribution in [0.2, 0.25) is 0 Å². The molecule has 0 rings (SSSR count). The predicted octanol–water partition coefficient (Wildman–Crippen LogP) is 5.12. The lowest BCUT2D eigenvalue weighted by atomic mass is 10.1. The summed E-state index contributed by atoms with van der Waals surface area (Å²) < 4.78 is 38.0. The van der Waals surface area contributed by atoms with Crippen molar-refractivity contribution < 1.29 is 33.2 Å². The van der Waals surface area contributed by atoms with Crippen LogP contribution in [0.4, 0.5) is 0 Å². The van der Waals surface area contributed by atoms with Gasteiger partial charge < -0.3 is 33.2 Å². The molecule has 0 saturated carbocycles. The number of hydrogen-bond donors (Lipinski definition) is 0. The molecule has 0 aliphatic rings.